The summed E-state index contributed by atoms with van der Waals surface area (Å²) in [6, 6.07) is 4.11. The molecular formula is C14H20F2N2. The van der Waals surface area contributed by atoms with E-state index in [0.29, 0.717) is 17.6 Å². The Morgan fingerprint density at radius 3 is 2.56 bits per heavy atom. The van der Waals surface area contributed by atoms with Crippen molar-refractivity contribution in [2.24, 2.45) is 5.92 Å². The lowest BCUT2D eigenvalue weighted by atomic mass is 10.0. The number of piperazine rings is 1. The first kappa shape index (κ1) is 13.3. The first-order valence-corrected chi connectivity index (χ1v) is 6.49. The minimum absolute atomic E-state index is 0.394. The van der Waals surface area contributed by atoms with Crippen LogP contribution in [0.3, 0.4) is 0 Å². The van der Waals surface area contributed by atoms with E-state index in [2.05, 4.69) is 24.1 Å². The fourth-order valence-corrected chi connectivity index (χ4v) is 2.51. The largest absolute Gasteiger partial charge is 0.369 e. The first-order valence-electron chi connectivity index (χ1n) is 6.49. The fourth-order valence-electron chi connectivity index (χ4n) is 2.51. The van der Waals surface area contributed by atoms with Crippen molar-refractivity contribution < 1.29 is 8.78 Å². The molecule has 1 saturated heterocycles. The molecule has 1 N–H and O–H groups in total. The van der Waals surface area contributed by atoms with Gasteiger partial charge in [0, 0.05) is 37.4 Å². The van der Waals surface area contributed by atoms with Crippen LogP contribution in [0.25, 0.3) is 0 Å². The minimum Gasteiger partial charge on any atom is -0.369 e. The van der Waals surface area contributed by atoms with Gasteiger partial charge >= 0.3 is 0 Å². The van der Waals surface area contributed by atoms with E-state index in [9.17, 15) is 8.78 Å². The quantitative estimate of drug-likeness (QED) is 0.892. The lowest BCUT2D eigenvalue weighted by Gasteiger charge is -2.36. The van der Waals surface area contributed by atoms with Crippen molar-refractivity contribution in [3.05, 3.63) is 29.8 Å². The second kappa shape index (κ2) is 5.65. The molecule has 0 aliphatic carbocycles. The monoisotopic (exact) mass is 254 g/mol. The van der Waals surface area contributed by atoms with Gasteiger partial charge in [-0.25, -0.2) is 8.78 Å². The molecule has 1 aromatic carbocycles. The van der Waals surface area contributed by atoms with Gasteiger partial charge in [0.15, 0.2) is 0 Å². The third kappa shape index (κ3) is 3.42. The molecule has 1 fully saturated rings. The second-order valence-corrected chi connectivity index (χ2v) is 5.35. The minimum atomic E-state index is -0.510. The summed E-state index contributed by atoms with van der Waals surface area (Å²) in [6.45, 7) is 6.82. The van der Waals surface area contributed by atoms with Crippen LogP contribution >= 0.6 is 0 Å². The number of benzene rings is 1. The summed E-state index contributed by atoms with van der Waals surface area (Å²) in [5, 5.41) is 3.45. The van der Waals surface area contributed by atoms with Crippen LogP contribution in [0.4, 0.5) is 14.5 Å². The SMILES string of the molecule is CC(C)CC1CN(c2cc(F)cc(F)c2)CCN1. The number of rotatable bonds is 3. The zero-order chi connectivity index (χ0) is 13.1. The zero-order valence-electron chi connectivity index (χ0n) is 10.9. The smallest absolute Gasteiger partial charge is 0.128 e. The van der Waals surface area contributed by atoms with Crippen LogP contribution in [-0.2, 0) is 0 Å². The molecule has 0 aromatic heterocycles. The highest BCUT2D eigenvalue weighted by molar-refractivity contribution is 5.47. The van der Waals surface area contributed by atoms with Crippen molar-refractivity contribution in [3.8, 4) is 0 Å². The predicted octanol–water partition coefficient (Wildman–Crippen LogP) is 2.79. The van der Waals surface area contributed by atoms with Crippen LogP contribution in [0.5, 0.6) is 0 Å². The van der Waals surface area contributed by atoms with Gasteiger partial charge in [-0.15, -0.1) is 0 Å². The lowest BCUT2D eigenvalue weighted by Crippen LogP contribution is -2.51. The predicted molar refractivity (Wildman–Crippen MR) is 69.8 cm³/mol. The van der Waals surface area contributed by atoms with Gasteiger partial charge in [0.2, 0.25) is 0 Å². The van der Waals surface area contributed by atoms with Gasteiger partial charge in [0.1, 0.15) is 11.6 Å². The van der Waals surface area contributed by atoms with Gasteiger partial charge in [0.25, 0.3) is 0 Å². The average molecular weight is 254 g/mol. The van der Waals surface area contributed by atoms with Crippen LogP contribution < -0.4 is 10.2 Å². The van der Waals surface area contributed by atoms with Gasteiger partial charge in [-0.05, 0) is 24.5 Å². The molecule has 18 heavy (non-hydrogen) atoms. The van der Waals surface area contributed by atoms with Gasteiger partial charge < -0.3 is 10.2 Å². The Labute approximate surface area is 107 Å². The molecule has 0 amide bonds. The summed E-state index contributed by atoms with van der Waals surface area (Å²) in [5.74, 6) is -0.403. The molecule has 1 heterocycles. The van der Waals surface area contributed by atoms with Crippen molar-refractivity contribution in [1.29, 1.82) is 0 Å². The van der Waals surface area contributed by atoms with Crippen LogP contribution in [0.2, 0.25) is 0 Å². The summed E-state index contributed by atoms with van der Waals surface area (Å²) in [5.41, 5.74) is 0.641. The normalized spacial score (nSPS) is 20.5. The highest BCUT2D eigenvalue weighted by Gasteiger charge is 2.20. The molecule has 0 radical (unpaired) electrons. The number of hydrogen-bond donors (Lipinski definition) is 1. The molecule has 4 heteroatoms. The average Bonchev–Trinajstić information content (AvgIpc) is 2.27. The molecule has 1 aliphatic rings. The maximum absolute atomic E-state index is 13.2. The lowest BCUT2D eigenvalue weighted by molar-refractivity contribution is 0.387. The topological polar surface area (TPSA) is 15.3 Å². The van der Waals surface area contributed by atoms with Gasteiger partial charge in [-0.3, -0.25) is 0 Å². The number of nitrogens with one attached hydrogen (secondary N) is 1. The van der Waals surface area contributed by atoms with E-state index in [1.165, 1.54) is 12.1 Å². The van der Waals surface area contributed by atoms with E-state index in [-0.39, 0.29) is 0 Å². The Kier molecular flexibility index (Phi) is 4.17. The van der Waals surface area contributed by atoms with Crippen molar-refractivity contribution >= 4 is 5.69 Å². The highest BCUT2D eigenvalue weighted by atomic mass is 19.1. The first-order chi connectivity index (χ1) is 8.54. The summed E-state index contributed by atoms with van der Waals surface area (Å²) in [7, 11) is 0. The molecule has 1 atom stereocenters. The van der Waals surface area contributed by atoms with E-state index in [1.807, 2.05) is 0 Å². The Balaban J connectivity index is 2.08. The third-order valence-corrected chi connectivity index (χ3v) is 3.22. The second-order valence-electron chi connectivity index (χ2n) is 5.35. The van der Waals surface area contributed by atoms with E-state index >= 15 is 0 Å². The van der Waals surface area contributed by atoms with E-state index < -0.39 is 11.6 Å². The number of nitrogens with zero attached hydrogens (tertiary/aromatic N) is 1. The van der Waals surface area contributed by atoms with E-state index in [1.54, 1.807) is 0 Å². The van der Waals surface area contributed by atoms with Crippen molar-refractivity contribution in [2.75, 3.05) is 24.5 Å². The fraction of sp³-hybridized carbons (Fsp3) is 0.571. The molecule has 0 spiro atoms. The van der Waals surface area contributed by atoms with Crippen molar-refractivity contribution in [1.82, 2.24) is 5.32 Å². The summed E-state index contributed by atoms with van der Waals surface area (Å²) in [6.07, 6.45) is 1.08. The summed E-state index contributed by atoms with van der Waals surface area (Å²) in [4.78, 5) is 2.05. The Hall–Kier alpha value is -1.16. The molecule has 0 saturated carbocycles. The molecule has 2 nitrogen and oxygen atoms in total. The van der Waals surface area contributed by atoms with E-state index in [0.717, 1.165) is 32.1 Å². The molecule has 0 bridgehead atoms. The molecular weight excluding hydrogens is 234 g/mol. The molecule has 100 valence electrons. The summed E-state index contributed by atoms with van der Waals surface area (Å²) >= 11 is 0. The Morgan fingerprint density at radius 1 is 1.28 bits per heavy atom. The number of anilines is 1. The molecule has 1 aliphatic heterocycles. The Morgan fingerprint density at radius 2 is 1.94 bits per heavy atom. The van der Waals surface area contributed by atoms with E-state index in [4.69, 9.17) is 0 Å². The molecule has 1 aromatic rings. The van der Waals surface area contributed by atoms with Crippen LogP contribution in [0.1, 0.15) is 20.3 Å². The van der Waals surface area contributed by atoms with Gasteiger partial charge in [-0.2, -0.15) is 0 Å². The third-order valence-electron chi connectivity index (χ3n) is 3.22. The number of hydrogen-bond acceptors (Lipinski definition) is 2. The van der Waals surface area contributed by atoms with Crippen LogP contribution in [-0.4, -0.2) is 25.7 Å². The maximum atomic E-state index is 13.2. The maximum Gasteiger partial charge on any atom is 0.128 e. The molecule has 2 rings (SSSR count). The van der Waals surface area contributed by atoms with Crippen LogP contribution in [0.15, 0.2) is 18.2 Å². The summed E-state index contributed by atoms with van der Waals surface area (Å²) < 4.78 is 26.4. The number of halogens is 2. The highest BCUT2D eigenvalue weighted by Crippen LogP contribution is 2.20. The van der Waals surface area contributed by atoms with Crippen LogP contribution in [0, 0.1) is 17.6 Å². The van der Waals surface area contributed by atoms with Crippen molar-refractivity contribution in [3.63, 3.8) is 0 Å². The van der Waals surface area contributed by atoms with Gasteiger partial charge in [0.05, 0.1) is 0 Å². The van der Waals surface area contributed by atoms with Crippen molar-refractivity contribution in [2.45, 2.75) is 26.3 Å². The molecule has 1 unspecified atom stereocenters. The standard InChI is InChI=1S/C14H20F2N2/c1-10(2)5-13-9-18(4-3-17-13)14-7-11(15)6-12(16)8-14/h6-8,10,13,17H,3-5,9H2,1-2H3. The zero-order valence-corrected chi connectivity index (χ0v) is 10.9. The van der Waals surface area contributed by atoms with Gasteiger partial charge in [-0.1, -0.05) is 13.8 Å². The Bertz CT molecular complexity index is 387.